The summed E-state index contributed by atoms with van der Waals surface area (Å²) in [6, 6.07) is -0.293. The molecule has 1 aliphatic carbocycles. The molecular formula is C16H28N2O2. The van der Waals surface area contributed by atoms with Gasteiger partial charge in [-0.05, 0) is 43.9 Å². The fourth-order valence-corrected chi connectivity index (χ4v) is 3.25. The largest absolute Gasteiger partial charge is 0.340 e. The summed E-state index contributed by atoms with van der Waals surface area (Å²) >= 11 is 0. The number of nitrogens with one attached hydrogen (secondary N) is 1. The van der Waals surface area contributed by atoms with E-state index in [-0.39, 0.29) is 23.3 Å². The summed E-state index contributed by atoms with van der Waals surface area (Å²) < 4.78 is 0. The van der Waals surface area contributed by atoms with E-state index >= 15 is 0 Å². The predicted octanol–water partition coefficient (Wildman–Crippen LogP) is 2.33. The SMILES string of the molecule is CCC1C(=O)NC(C)(CC)C(=O)N1CC1(C(C)C)CC1. The first-order valence-electron chi connectivity index (χ1n) is 7.93. The standard InChI is InChI=1S/C16H28N2O2/c1-6-12-13(19)17-15(5,7-2)14(20)18(12)10-16(8-9-16)11(3)4/h11-12H,6-10H2,1-5H3,(H,17,19). The van der Waals surface area contributed by atoms with Gasteiger partial charge in [-0.3, -0.25) is 9.59 Å². The molecule has 1 N–H and O–H groups in total. The van der Waals surface area contributed by atoms with Gasteiger partial charge in [-0.1, -0.05) is 27.7 Å². The predicted molar refractivity (Wildman–Crippen MR) is 79.1 cm³/mol. The molecule has 1 saturated heterocycles. The number of amides is 2. The molecule has 2 atom stereocenters. The van der Waals surface area contributed by atoms with E-state index < -0.39 is 5.54 Å². The highest BCUT2D eigenvalue weighted by Crippen LogP contribution is 2.53. The molecule has 2 amide bonds. The third-order valence-electron chi connectivity index (χ3n) is 5.51. The van der Waals surface area contributed by atoms with Crippen LogP contribution in [0.1, 0.15) is 60.3 Å². The quantitative estimate of drug-likeness (QED) is 0.840. The Hall–Kier alpha value is -1.06. The second-order valence-electron chi connectivity index (χ2n) is 7.05. The lowest BCUT2D eigenvalue weighted by atomic mass is 9.87. The fraction of sp³-hybridized carbons (Fsp3) is 0.875. The van der Waals surface area contributed by atoms with Gasteiger partial charge in [0.05, 0.1) is 0 Å². The van der Waals surface area contributed by atoms with Crippen LogP contribution in [-0.4, -0.2) is 34.8 Å². The molecular weight excluding hydrogens is 252 g/mol. The van der Waals surface area contributed by atoms with Crippen LogP contribution < -0.4 is 5.32 Å². The van der Waals surface area contributed by atoms with Crippen LogP contribution in [-0.2, 0) is 9.59 Å². The van der Waals surface area contributed by atoms with Crippen LogP contribution in [0.4, 0.5) is 0 Å². The molecule has 2 aliphatic rings. The van der Waals surface area contributed by atoms with E-state index in [4.69, 9.17) is 0 Å². The lowest BCUT2D eigenvalue weighted by molar-refractivity contribution is -0.156. The number of piperazine rings is 1. The van der Waals surface area contributed by atoms with Crippen molar-refractivity contribution in [1.82, 2.24) is 10.2 Å². The first-order chi connectivity index (χ1) is 9.29. The molecule has 1 saturated carbocycles. The van der Waals surface area contributed by atoms with Crippen LogP contribution in [0.2, 0.25) is 0 Å². The minimum Gasteiger partial charge on any atom is -0.340 e. The molecule has 4 heteroatoms. The summed E-state index contributed by atoms with van der Waals surface area (Å²) in [6.07, 6.45) is 3.68. The van der Waals surface area contributed by atoms with Gasteiger partial charge in [0.25, 0.3) is 0 Å². The third kappa shape index (κ3) is 2.33. The monoisotopic (exact) mass is 280 g/mol. The molecule has 2 unspecified atom stereocenters. The first kappa shape index (κ1) is 15.3. The summed E-state index contributed by atoms with van der Waals surface area (Å²) in [5, 5.41) is 2.93. The van der Waals surface area contributed by atoms with Gasteiger partial charge in [-0.15, -0.1) is 0 Å². The molecule has 1 aliphatic heterocycles. The van der Waals surface area contributed by atoms with Crippen molar-refractivity contribution in [1.29, 1.82) is 0 Å². The molecule has 0 aromatic heterocycles. The number of carbonyl (C=O) groups is 2. The second kappa shape index (κ2) is 5.05. The maximum atomic E-state index is 12.8. The maximum absolute atomic E-state index is 12.8. The molecule has 20 heavy (non-hydrogen) atoms. The topological polar surface area (TPSA) is 49.4 Å². The lowest BCUT2D eigenvalue weighted by Gasteiger charge is -2.45. The Morgan fingerprint density at radius 3 is 2.30 bits per heavy atom. The van der Waals surface area contributed by atoms with Crippen molar-refractivity contribution in [2.45, 2.75) is 71.9 Å². The van der Waals surface area contributed by atoms with Crippen molar-refractivity contribution in [2.75, 3.05) is 6.54 Å². The van der Waals surface area contributed by atoms with Crippen LogP contribution in [0.25, 0.3) is 0 Å². The molecule has 0 bridgehead atoms. The van der Waals surface area contributed by atoms with Gasteiger partial charge in [0, 0.05) is 6.54 Å². The molecule has 1 heterocycles. The zero-order chi connectivity index (χ0) is 15.1. The summed E-state index contributed by atoms with van der Waals surface area (Å²) in [5.41, 5.74) is -0.481. The van der Waals surface area contributed by atoms with E-state index in [0.717, 1.165) is 6.54 Å². The Balaban J connectivity index is 2.26. The molecule has 2 fully saturated rings. The first-order valence-corrected chi connectivity index (χ1v) is 7.93. The highest BCUT2D eigenvalue weighted by atomic mass is 16.2. The Bertz CT molecular complexity index is 415. The highest BCUT2D eigenvalue weighted by Gasteiger charge is 2.53. The van der Waals surface area contributed by atoms with E-state index in [0.29, 0.717) is 18.8 Å². The van der Waals surface area contributed by atoms with Crippen LogP contribution >= 0.6 is 0 Å². The summed E-state index contributed by atoms with van der Waals surface area (Å²) in [7, 11) is 0. The summed E-state index contributed by atoms with van der Waals surface area (Å²) in [5.74, 6) is 0.667. The highest BCUT2D eigenvalue weighted by molar-refractivity contribution is 5.99. The van der Waals surface area contributed by atoms with E-state index in [1.54, 1.807) is 0 Å². The fourth-order valence-electron chi connectivity index (χ4n) is 3.25. The zero-order valence-electron chi connectivity index (χ0n) is 13.5. The average Bonchev–Trinajstić information content (AvgIpc) is 3.17. The number of carbonyl (C=O) groups excluding carboxylic acids is 2. The van der Waals surface area contributed by atoms with Gasteiger partial charge in [0.2, 0.25) is 11.8 Å². The number of nitrogens with zero attached hydrogens (tertiary/aromatic N) is 1. The molecule has 2 rings (SSSR count). The van der Waals surface area contributed by atoms with Crippen molar-refractivity contribution in [2.24, 2.45) is 11.3 Å². The molecule has 0 aromatic rings. The second-order valence-corrected chi connectivity index (χ2v) is 7.05. The van der Waals surface area contributed by atoms with Crippen LogP contribution in [0.15, 0.2) is 0 Å². The summed E-state index contributed by atoms with van der Waals surface area (Å²) in [6.45, 7) is 11.0. The van der Waals surface area contributed by atoms with Crippen molar-refractivity contribution in [3.63, 3.8) is 0 Å². The Labute approximate surface area is 122 Å². The molecule has 114 valence electrons. The maximum Gasteiger partial charge on any atom is 0.248 e. The van der Waals surface area contributed by atoms with Gasteiger partial charge in [-0.25, -0.2) is 0 Å². The molecule has 0 radical (unpaired) electrons. The van der Waals surface area contributed by atoms with Gasteiger partial charge in [-0.2, -0.15) is 0 Å². The van der Waals surface area contributed by atoms with E-state index in [2.05, 4.69) is 19.2 Å². The van der Waals surface area contributed by atoms with Gasteiger partial charge in [0.1, 0.15) is 11.6 Å². The van der Waals surface area contributed by atoms with E-state index in [9.17, 15) is 9.59 Å². The Morgan fingerprint density at radius 2 is 1.90 bits per heavy atom. The van der Waals surface area contributed by atoms with E-state index in [1.807, 2.05) is 25.7 Å². The van der Waals surface area contributed by atoms with Crippen LogP contribution in [0.3, 0.4) is 0 Å². The minimum absolute atomic E-state index is 0.0102. The number of hydrogen-bond acceptors (Lipinski definition) is 2. The number of hydrogen-bond donors (Lipinski definition) is 1. The molecule has 0 aromatic carbocycles. The lowest BCUT2D eigenvalue weighted by Crippen LogP contribution is -2.69. The molecule has 4 nitrogen and oxygen atoms in total. The minimum atomic E-state index is -0.726. The van der Waals surface area contributed by atoms with Crippen LogP contribution in [0.5, 0.6) is 0 Å². The van der Waals surface area contributed by atoms with Gasteiger partial charge < -0.3 is 10.2 Å². The third-order valence-corrected chi connectivity index (χ3v) is 5.51. The van der Waals surface area contributed by atoms with Crippen LogP contribution in [0, 0.1) is 11.3 Å². The van der Waals surface area contributed by atoms with Crippen molar-refractivity contribution >= 4 is 11.8 Å². The van der Waals surface area contributed by atoms with Gasteiger partial charge >= 0.3 is 0 Å². The zero-order valence-corrected chi connectivity index (χ0v) is 13.5. The van der Waals surface area contributed by atoms with Crippen molar-refractivity contribution in [3.8, 4) is 0 Å². The Morgan fingerprint density at radius 1 is 1.30 bits per heavy atom. The number of rotatable bonds is 5. The molecule has 0 spiro atoms. The van der Waals surface area contributed by atoms with Crippen molar-refractivity contribution in [3.05, 3.63) is 0 Å². The Kier molecular flexibility index (Phi) is 3.87. The normalized spacial score (nSPS) is 32.5. The van der Waals surface area contributed by atoms with E-state index in [1.165, 1.54) is 12.8 Å². The van der Waals surface area contributed by atoms with Gasteiger partial charge in [0.15, 0.2) is 0 Å². The average molecular weight is 280 g/mol. The smallest absolute Gasteiger partial charge is 0.248 e. The summed E-state index contributed by atoms with van der Waals surface area (Å²) in [4.78, 5) is 27.0. The van der Waals surface area contributed by atoms with Crippen molar-refractivity contribution < 1.29 is 9.59 Å².